The predicted molar refractivity (Wildman–Crippen MR) is 61.2 cm³/mol. The number of nitrogens with zero attached hydrogens (tertiary/aromatic N) is 4. The zero-order chi connectivity index (χ0) is 12.5. The van der Waals surface area contributed by atoms with Crippen molar-refractivity contribution in [2.24, 2.45) is 5.16 Å². The maximum Gasteiger partial charge on any atom is 0.340 e. The number of benzene rings is 1. The highest BCUT2D eigenvalue weighted by molar-refractivity contribution is 6.01. The summed E-state index contributed by atoms with van der Waals surface area (Å²) in [5.41, 5.74) is 3.00. The Morgan fingerprint density at radius 3 is 3.06 bits per heavy atom. The largest absolute Gasteiger partial charge is 0.410 e. The van der Waals surface area contributed by atoms with Crippen LogP contribution in [0.2, 0.25) is 0 Å². The van der Waals surface area contributed by atoms with Crippen molar-refractivity contribution in [3.05, 3.63) is 23.8 Å². The first-order chi connectivity index (χ1) is 8.72. The van der Waals surface area contributed by atoms with E-state index in [2.05, 4.69) is 20.3 Å². The highest BCUT2D eigenvalue weighted by Gasteiger charge is 2.16. The summed E-state index contributed by atoms with van der Waals surface area (Å²) in [4.78, 5) is 16.1. The van der Waals surface area contributed by atoms with Crippen LogP contribution in [0.1, 0.15) is 18.4 Å². The van der Waals surface area contributed by atoms with E-state index in [0.29, 0.717) is 17.5 Å². The molecule has 0 aliphatic carbocycles. The van der Waals surface area contributed by atoms with Gasteiger partial charge in [-0.1, -0.05) is 16.1 Å². The molecule has 3 rings (SSSR count). The maximum atomic E-state index is 10.9. The minimum absolute atomic E-state index is 0.273. The Hall–Kier alpha value is -2.44. The first-order valence-electron chi connectivity index (χ1n) is 5.51. The monoisotopic (exact) mass is 246 g/mol. The van der Waals surface area contributed by atoms with Gasteiger partial charge in [0.05, 0.1) is 12.1 Å². The Morgan fingerprint density at radius 1 is 1.39 bits per heavy atom. The second-order valence-corrected chi connectivity index (χ2v) is 4.10. The molecule has 0 radical (unpaired) electrons. The number of aryl methyl sites for hydroxylation is 1. The van der Waals surface area contributed by atoms with Crippen LogP contribution in [-0.2, 0) is 16.1 Å². The zero-order valence-electron chi connectivity index (χ0n) is 9.41. The lowest BCUT2D eigenvalue weighted by atomic mass is 10.1. The van der Waals surface area contributed by atoms with Crippen molar-refractivity contribution in [1.82, 2.24) is 15.2 Å². The van der Waals surface area contributed by atoms with Crippen LogP contribution in [0.4, 0.5) is 0 Å². The van der Waals surface area contributed by atoms with E-state index in [1.165, 1.54) is 0 Å². The fraction of sp³-hybridized carbons (Fsp3) is 0.273. The van der Waals surface area contributed by atoms with Crippen molar-refractivity contribution in [2.45, 2.75) is 19.3 Å². The Bertz CT molecular complexity index is 647. The summed E-state index contributed by atoms with van der Waals surface area (Å²) in [5.74, 6) is -0.302. The summed E-state index contributed by atoms with van der Waals surface area (Å²) in [5, 5.41) is 20.3. The van der Waals surface area contributed by atoms with E-state index in [9.17, 15) is 10.0 Å². The Kier molecular flexibility index (Phi) is 2.44. The minimum atomic E-state index is -0.302. The number of carbonyl (C=O) groups excluding carboxylic acids is 1. The quantitative estimate of drug-likeness (QED) is 0.642. The van der Waals surface area contributed by atoms with Crippen molar-refractivity contribution in [3.63, 3.8) is 0 Å². The molecular formula is C11H10N4O3. The van der Waals surface area contributed by atoms with E-state index in [-0.39, 0.29) is 12.4 Å². The zero-order valence-corrected chi connectivity index (χ0v) is 9.41. The first kappa shape index (κ1) is 10.7. The minimum Gasteiger partial charge on any atom is -0.410 e. The van der Waals surface area contributed by atoms with Crippen LogP contribution in [-0.4, -0.2) is 32.0 Å². The topological polar surface area (TPSA) is 89.6 Å². The number of oxime groups is 1. The van der Waals surface area contributed by atoms with Crippen LogP contribution >= 0.6 is 0 Å². The Balaban J connectivity index is 1.73. The molecule has 0 saturated carbocycles. The molecule has 18 heavy (non-hydrogen) atoms. The number of rotatable bonds is 3. The molecule has 2 aromatic rings. The van der Waals surface area contributed by atoms with Crippen molar-refractivity contribution in [1.29, 1.82) is 0 Å². The molecule has 0 bridgehead atoms. The molecule has 1 N–H and O–H groups in total. The molecule has 0 fully saturated rings. The lowest BCUT2D eigenvalue weighted by Gasteiger charge is -1.99. The molecule has 1 aromatic heterocycles. The molecule has 92 valence electrons. The number of fused-ring (bicyclic) bond motifs is 1. The predicted octanol–water partition coefficient (Wildman–Crippen LogP) is 0.904. The van der Waals surface area contributed by atoms with E-state index in [1.807, 2.05) is 12.1 Å². The van der Waals surface area contributed by atoms with Crippen LogP contribution in [0.3, 0.4) is 0 Å². The second-order valence-electron chi connectivity index (χ2n) is 4.10. The number of carbonyl (C=O) groups is 1. The van der Waals surface area contributed by atoms with E-state index < -0.39 is 0 Å². The molecule has 1 aliphatic heterocycles. The summed E-state index contributed by atoms with van der Waals surface area (Å²) in [7, 11) is 0. The van der Waals surface area contributed by atoms with Crippen molar-refractivity contribution in [3.8, 4) is 0 Å². The lowest BCUT2D eigenvalue weighted by molar-refractivity contribution is -0.140. The summed E-state index contributed by atoms with van der Waals surface area (Å²) in [6, 6.07) is 5.49. The fourth-order valence-electron chi connectivity index (χ4n) is 1.88. The van der Waals surface area contributed by atoms with Crippen LogP contribution < -0.4 is 0 Å². The SMILES string of the molecule is O=C1CC(CCc2ccc3c(c2)nnn3O)=NO1. The van der Waals surface area contributed by atoms with Gasteiger partial charge in [-0.05, 0) is 35.8 Å². The number of hydrogen-bond donors (Lipinski definition) is 1. The Morgan fingerprint density at radius 2 is 2.28 bits per heavy atom. The van der Waals surface area contributed by atoms with E-state index in [0.717, 1.165) is 22.5 Å². The van der Waals surface area contributed by atoms with E-state index >= 15 is 0 Å². The Labute approximate surface area is 102 Å². The van der Waals surface area contributed by atoms with Crippen LogP contribution in [0.15, 0.2) is 23.4 Å². The van der Waals surface area contributed by atoms with Gasteiger partial charge in [0, 0.05) is 0 Å². The fourth-order valence-corrected chi connectivity index (χ4v) is 1.88. The molecule has 0 spiro atoms. The molecular weight excluding hydrogens is 236 g/mol. The van der Waals surface area contributed by atoms with Gasteiger partial charge in [-0.3, -0.25) is 0 Å². The average Bonchev–Trinajstić information content (AvgIpc) is 2.94. The molecule has 0 amide bonds. The molecule has 2 heterocycles. The normalized spacial score (nSPS) is 14.9. The standard InChI is InChI=1S/C11H10N4O3/c16-11-6-8(13-18-11)3-1-7-2-4-10-9(5-7)12-14-15(10)17/h2,4-5,17H,1,3,6H2. The lowest BCUT2D eigenvalue weighted by Crippen LogP contribution is -2.00. The smallest absolute Gasteiger partial charge is 0.340 e. The third kappa shape index (κ3) is 1.90. The van der Waals surface area contributed by atoms with Crippen LogP contribution in [0.25, 0.3) is 11.0 Å². The van der Waals surface area contributed by atoms with Crippen LogP contribution in [0, 0.1) is 0 Å². The maximum absolute atomic E-state index is 10.9. The van der Waals surface area contributed by atoms with Gasteiger partial charge in [-0.2, -0.15) is 0 Å². The summed E-state index contributed by atoms with van der Waals surface area (Å²) >= 11 is 0. The van der Waals surface area contributed by atoms with Crippen molar-refractivity contribution < 1.29 is 14.8 Å². The van der Waals surface area contributed by atoms with Crippen molar-refractivity contribution in [2.75, 3.05) is 0 Å². The third-order valence-electron chi connectivity index (χ3n) is 2.82. The van der Waals surface area contributed by atoms with Crippen molar-refractivity contribution >= 4 is 22.7 Å². The molecule has 7 nitrogen and oxygen atoms in total. The van der Waals surface area contributed by atoms with Crippen LogP contribution in [0.5, 0.6) is 0 Å². The molecule has 1 aliphatic rings. The highest BCUT2D eigenvalue weighted by atomic mass is 16.7. The van der Waals surface area contributed by atoms with Gasteiger partial charge in [0.15, 0.2) is 0 Å². The second kappa shape index (κ2) is 4.10. The van der Waals surface area contributed by atoms with Gasteiger partial charge in [-0.15, -0.1) is 5.10 Å². The van der Waals surface area contributed by atoms with Gasteiger partial charge in [0.1, 0.15) is 11.0 Å². The highest BCUT2D eigenvalue weighted by Crippen LogP contribution is 2.15. The average molecular weight is 246 g/mol. The summed E-state index contributed by atoms with van der Waals surface area (Å²) in [6.07, 6.45) is 1.68. The van der Waals surface area contributed by atoms with Gasteiger partial charge >= 0.3 is 5.97 Å². The third-order valence-corrected chi connectivity index (χ3v) is 2.82. The summed E-state index contributed by atoms with van der Waals surface area (Å²) in [6.45, 7) is 0. The summed E-state index contributed by atoms with van der Waals surface area (Å²) < 4.78 is 0. The number of aromatic nitrogens is 3. The van der Waals surface area contributed by atoms with E-state index in [4.69, 9.17) is 0 Å². The van der Waals surface area contributed by atoms with E-state index in [1.54, 1.807) is 6.07 Å². The molecule has 0 saturated heterocycles. The van der Waals surface area contributed by atoms with Gasteiger partial charge < -0.3 is 10.0 Å². The molecule has 0 atom stereocenters. The van der Waals surface area contributed by atoms with Gasteiger partial charge in [0.25, 0.3) is 0 Å². The van der Waals surface area contributed by atoms with Gasteiger partial charge in [0.2, 0.25) is 0 Å². The number of hydrogen-bond acceptors (Lipinski definition) is 6. The molecule has 0 unspecified atom stereocenters. The first-order valence-corrected chi connectivity index (χ1v) is 5.51. The molecule has 1 aromatic carbocycles. The molecule has 7 heteroatoms. The van der Waals surface area contributed by atoms with Gasteiger partial charge in [-0.25, -0.2) is 4.79 Å².